The molecule has 1 aromatic carbocycles. The van der Waals surface area contributed by atoms with E-state index in [2.05, 4.69) is 15.3 Å². The lowest BCUT2D eigenvalue weighted by atomic mass is 10.1. The van der Waals surface area contributed by atoms with Crippen LogP contribution in [-0.4, -0.2) is 22.6 Å². The van der Waals surface area contributed by atoms with Crippen LogP contribution in [0.25, 0.3) is 11.3 Å². The van der Waals surface area contributed by atoms with Crippen LogP contribution in [0.5, 0.6) is 5.75 Å². The van der Waals surface area contributed by atoms with Crippen LogP contribution in [-0.2, 0) is 0 Å². The molecule has 0 aliphatic rings. The second kappa shape index (κ2) is 7.02. The first-order valence-corrected chi connectivity index (χ1v) is 7.13. The highest BCUT2D eigenvalue weighted by molar-refractivity contribution is 5.61. The summed E-state index contributed by atoms with van der Waals surface area (Å²) >= 11 is 0. The van der Waals surface area contributed by atoms with Gasteiger partial charge >= 0.3 is 0 Å². The zero-order valence-electron chi connectivity index (χ0n) is 12.6. The van der Waals surface area contributed by atoms with Gasteiger partial charge in [0.1, 0.15) is 11.4 Å². The van der Waals surface area contributed by atoms with Crippen LogP contribution in [0.3, 0.4) is 0 Å². The number of nitrogens with zero attached hydrogens (tertiary/aromatic N) is 2. The van der Waals surface area contributed by atoms with Crippen molar-refractivity contribution in [3.8, 4) is 17.0 Å². The first-order valence-electron chi connectivity index (χ1n) is 7.13. The van der Waals surface area contributed by atoms with Gasteiger partial charge in [0, 0.05) is 12.1 Å². The summed E-state index contributed by atoms with van der Waals surface area (Å²) in [6, 6.07) is 7.23. The first kappa shape index (κ1) is 15.2. The van der Waals surface area contributed by atoms with Crippen molar-refractivity contribution in [3.05, 3.63) is 36.3 Å². The number of anilines is 1. The molecule has 0 atom stereocenters. The molecule has 0 saturated heterocycles. The number of nitrogens with one attached hydrogen (secondary N) is 1. The normalized spacial score (nSPS) is 10.7. The molecule has 2 aromatic rings. The quantitative estimate of drug-likeness (QED) is 0.876. The van der Waals surface area contributed by atoms with Gasteiger partial charge in [0.05, 0.1) is 12.3 Å². The molecule has 0 saturated carbocycles. The Kier molecular flexibility index (Phi) is 5.09. The van der Waals surface area contributed by atoms with Crippen LogP contribution in [0, 0.1) is 5.82 Å². The van der Waals surface area contributed by atoms with E-state index in [1.807, 2.05) is 32.9 Å². The van der Waals surface area contributed by atoms with E-state index in [1.54, 1.807) is 12.1 Å². The molecule has 0 fully saturated rings. The molecule has 0 aliphatic heterocycles. The van der Waals surface area contributed by atoms with Crippen molar-refractivity contribution < 1.29 is 9.13 Å². The SMILES string of the molecule is CCCNc1ncc(F)c(-c2ccc(OC(C)C)cc2)n1. The third-order valence-corrected chi connectivity index (χ3v) is 2.78. The Morgan fingerprint density at radius 2 is 1.95 bits per heavy atom. The molecule has 0 unspecified atom stereocenters. The lowest BCUT2D eigenvalue weighted by molar-refractivity contribution is 0.242. The molecule has 0 radical (unpaired) electrons. The third kappa shape index (κ3) is 4.15. The third-order valence-electron chi connectivity index (χ3n) is 2.78. The smallest absolute Gasteiger partial charge is 0.223 e. The summed E-state index contributed by atoms with van der Waals surface area (Å²) in [5.74, 6) is 0.762. The molecule has 0 spiro atoms. The van der Waals surface area contributed by atoms with Crippen LogP contribution in [0.1, 0.15) is 27.2 Å². The largest absolute Gasteiger partial charge is 0.491 e. The number of halogens is 1. The molecule has 1 aromatic heterocycles. The van der Waals surface area contributed by atoms with E-state index in [4.69, 9.17) is 4.74 Å². The molecule has 1 N–H and O–H groups in total. The van der Waals surface area contributed by atoms with Crippen molar-refractivity contribution in [3.63, 3.8) is 0 Å². The molecule has 2 rings (SSSR count). The zero-order valence-corrected chi connectivity index (χ0v) is 12.6. The average molecular weight is 289 g/mol. The van der Waals surface area contributed by atoms with E-state index >= 15 is 0 Å². The van der Waals surface area contributed by atoms with Crippen molar-refractivity contribution in [2.75, 3.05) is 11.9 Å². The Morgan fingerprint density at radius 3 is 2.57 bits per heavy atom. The summed E-state index contributed by atoms with van der Waals surface area (Å²) in [4.78, 5) is 8.17. The average Bonchev–Trinajstić information content (AvgIpc) is 2.47. The number of aromatic nitrogens is 2. The Morgan fingerprint density at radius 1 is 1.24 bits per heavy atom. The van der Waals surface area contributed by atoms with Gasteiger partial charge in [0.25, 0.3) is 0 Å². The van der Waals surface area contributed by atoms with E-state index in [-0.39, 0.29) is 6.10 Å². The minimum absolute atomic E-state index is 0.108. The van der Waals surface area contributed by atoms with Crippen molar-refractivity contribution in [2.24, 2.45) is 0 Å². The van der Waals surface area contributed by atoms with E-state index < -0.39 is 5.82 Å². The number of hydrogen-bond acceptors (Lipinski definition) is 4. The number of rotatable bonds is 6. The van der Waals surface area contributed by atoms with Gasteiger partial charge in [-0.25, -0.2) is 14.4 Å². The van der Waals surface area contributed by atoms with E-state index in [9.17, 15) is 4.39 Å². The molecular weight excluding hydrogens is 269 g/mol. The summed E-state index contributed by atoms with van der Waals surface area (Å²) in [5, 5.41) is 3.06. The van der Waals surface area contributed by atoms with Crippen LogP contribution in [0.2, 0.25) is 0 Å². The highest BCUT2D eigenvalue weighted by Gasteiger charge is 2.09. The van der Waals surface area contributed by atoms with Crippen molar-refractivity contribution >= 4 is 5.95 Å². The lowest BCUT2D eigenvalue weighted by Crippen LogP contribution is -2.06. The van der Waals surface area contributed by atoms with Gasteiger partial charge in [-0.3, -0.25) is 0 Å². The maximum atomic E-state index is 13.9. The van der Waals surface area contributed by atoms with Gasteiger partial charge in [-0.1, -0.05) is 6.92 Å². The summed E-state index contributed by atoms with van der Waals surface area (Å²) in [7, 11) is 0. The Labute approximate surface area is 124 Å². The monoisotopic (exact) mass is 289 g/mol. The first-order chi connectivity index (χ1) is 10.1. The topological polar surface area (TPSA) is 47.0 Å². The highest BCUT2D eigenvalue weighted by atomic mass is 19.1. The van der Waals surface area contributed by atoms with Crippen molar-refractivity contribution in [1.82, 2.24) is 9.97 Å². The Hall–Kier alpha value is -2.17. The molecule has 0 aliphatic carbocycles. The fourth-order valence-corrected chi connectivity index (χ4v) is 1.86. The predicted molar refractivity (Wildman–Crippen MR) is 82.0 cm³/mol. The minimum atomic E-state index is -0.436. The molecule has 5 heteroatoms. The zero-order chi connectivity index (χ0) is 15.2. The van der Waals surface area contributed by atoms with Gasteiger partial charge < -0.3 is 10.1 Å². The van der Waals surface area contributed by atoms with Gasteiger partial charge in [0.2, 0.25) is 5.95 Å². The standard InChI is InChI=1S/C16H20FN3O/c1-4-9-18-16-19-10-14(17)15(20-16)12-5-7-13(8-6-12)21-11(2)3/h5-8,10-11H,4,9H2,1-3H3,(H,18,19,20). The molecule has 0 bridgehead atoms. The van der Waals surface area contributed by atoms with Crippen LogP contribution >= 0.6 is 0 Å². The highest BCUT2D eigenvalue weighted by Crippen LogP contribution is 2.24. The maximum absolute atomic E-state index is 13.9. The number of hydrogen-bond donors (Lipinski definition) is 1. The van der Waals surface area contributed by atoms with E-state index in [0.29, 0.717) is 17.2 Å². The predicted octanol–water partition coefficient (Wildman–Crippen LogP) is 3.89. The van der Waals surface area contributed by atoms with Crippen molar-refractivity contribution in [2.45, 2.75) is 33.3 Å². The summed E-state index contributed by atoms with van der Waals surface area (Å²) in [6.07, 6.45) is 2.26. The second-order valence-corrected chi connectivity index (χ2v) is 5.01. The van der Waals surface area contributed by atoms with Gasteiger partial charge in [-0.15, -0.1) is 0 Å². The molecule has 112 valence electrons. The summed E-state index contributed by atoms with van der Waals surface area (Å²) in [6.45, 7) is 6.73. The second-order valence-electron chi connectivity index (χ2n) is 5.01. The van der Waals surface area contributed by atoms with Crippen molar-refractivity contribution in [1.29, 1.82) is 0 Å². The molecular formula is C16H20FN3O. The minimum Gasteiger partial charge on any atom is -0.491 e. The lowest BCUT2D eigenvalue weighted by Gasteiger charge is -2.10. The van der Waals surface area contributed by atoms with Gasteiger partial charge in [-0.05, 0) is 44.5 Å². The fraction of sp³-hybridized carbons (Fsp3) is 0.375. The Bertz CT molecular complexity index is 585. The molecule has 1 heterocycles. The molecule has 21 heavy (non-hydrogen) atoms. The van der Waals surface area contributed by atoms with E-state index in [1.165, 1.54) is 6.20 Å². The number of benzene rings is 1. The van der Waals surface area contributed by atoms with Crippen LogP contribution in [0.15, 0.2) is 30.5 Å². The summed E-state index contributed by atoms with van der Waals surface area (Å²) in [5.41, 5.74) is 0.991. The summed E-state index contributed by atoms with van der Waals surface area (Å²) < 4.78 is 19.5. The Balaban J connectivity index is 2.23. The molecule has 0 amide bonds. The van der Waals surface area contributed by atoms with Gasteiger partial charge in [0.15, 0.2) is 5.82 Å². The molecule has 4 nitrogen and oxygen atoms in total. The fourth-order valence-electron chi connectivity index (χ4n) is 1.86. The van der Waals surface area contributed by atoms with Gasteiger partial charge in [-0.2, -0.15) is 0 Å². The number of ether oxygens (including phenoxy) is 1. The maximum Gasteiger partial charge on any atom is 0.223 e. The van der Waals surface area contributed by atoms with Crippen LogP contribution < -0.4 is 10.1 Å². The van der Waals surface area contributed by atoms with E-state index in [0.717, 1.165) is 18.7 Å². The van der Waals surface area contributed by atoms with Crippen LogP contribution in [0.4, 0.5) is 10.3 Å².